The van der Waals surface area contributed by atoms with E-state index in [9.17, 15) is 19.6 Å². The molecule has 2 N–H and O–H groups in total. The Morgan fingerprint density at radius 2 is 1.86 bits per heavy atom. The van der Waals surface area contributed by atoms with E-state index in [0.29, 0.717) is 5.75 Å². The molecule has 0 saturated heterocycles. The number of anilines is 1. The van der Waals surface area contributed by atoms with Crippen LogP contribution in [0.1, 0.15) is 30.0 Å². The molecule has 1 aromatic heterocycles. The molecule has 0 aliphatic carbocycles. The molecular formula is C18H20N4O6. The molecule has 0 atom stereocenters. The molecule has 148 valence electrons. The number of nitrogens with zero attached hydrogens (tertiary/aromatic N) is 2. The number of amides is 2. The van der Waals surface area contributed by atoms with Gasteiger partial charge >= 0.3 is 23.6 Å². The lowest BCUT2D eigenvalue weighted by molar-refractivity contribution is -0.595. The Morgan fingerprint density at radius 3 is 2.46 bits per heavy atom. The molecule has 0 unspecified atom stereocenters. The second-order valence-electron chi connectivity index (χ2n) is 5.55. The van der Waals surface area contributed by atoms with Crippen molar-refractivity contribution >= 4 is 23.6 Å². The van der Waals surface area contributed by atoms with E-state index in [0.717, 1.165) is 11.6 Å². The van der Waals surface area contributed by atoms with Crippen molar-refractivity contribution < 1.29 is 28.6 Å². The van der Waals surface area contributed by atoms with Gasteiger partial charge in [-0.15, -0.1) is 0 Å². The molecule has 0 radical (unpaired) electrons. The van der Waals surface area contributed by atoms with Gasteiger partial charge in [-0.3, -0.25) is 9.59 Å². The molecule has 0 fully saturated rings. The van der Waals surface area contributed by atoms with Gasteiger partial charge in [0, 0.05) is 6.54 Å². The van der Waals surface area contributed by atoms with Crippen molar-refractivity contribution in [2.75, 3.05) is 18.5 Å². The first-order chi connectivity index (χ1) is 13.3. The van der Waals surface area contributed by atoms with Gasteiger partial charge in [0.25, 0.3) is 5.91 Å². The van der Waals surface area contributed by atoms with Crippen LogP contribution in [0.4, 0.5) is 10.6 Å². The number of carbonyl (C=O) groups is 3. The summed E-state index contributed by atoms with van der Waals surface area (Å²) >= 11 is 0. The van der Waals surface area contributed by atoms with Crippen LogP contribution in [-0.2, 0) is 9.53 Å². The van der Waals surface area contributed by atoms with Crippen LogP contribution in [0.2, 0.25) is 0 Å². The molecular weight excluding hydrogens is 368 g/mol. The molecule has 2 aromatic rings. The first kappa shape index (κ1) is 20.6. The summed E-state index contributed by atoms with van der Waals surface area (Å²) in [4.78, 5) is 39.6. The number of hydrogen-bond acceptors (Lipinski definition) is 7. The molecule has 0 saturated carbocycles. The van der Waals surface area contributed by atoms with Crippen LogP contribution in [0, 0.1) is 12.1 Å². The van der Waals surface area contributed by atoms with E-state index in [-0.39, 0.29) is 29.6 Å². The predicted octanol–water partition coefficient (Wildman–Crippen LogP) is 1.70. The Balaban J connectivity index is 2.44. The highest BCUT2D eigenvalue weighted by Crippen LogP contribution is 2.21. The zero-order chi connectivity index (χ0) is 20.7. The van der Waals surface area contributed by atoms with Crippen molar-refractivity contribution in [2.24, 2.45) is 0 Å². The van der Waals surface area contributed by atoms with E-state index in [4.69, 9.17) is 9.47 Å². The number of aromatic nitrogens is 2. The zero-order valence-corrected chi connectivity index (χ0v) is 15.6. The van der Waals surface area contributed by atoms with Crippen molar-refractivity contribution in [3.8, 4) is 11.6 Å². The smallest absolute Gasteiger partial charge is 0.473 e. The molecule has 10 heteroatoms. The number of aryl methyl sites for hydroxylation is 1. The van der Waals surface area contributed by atoms with Crippen LogP contribution in [0.25, 0.3) is 0 Å². The second kappa shape index (κ2) is 9.31. The minimum absolute atomic E-state index is 0.0382. The lowest BCUT2D eigenvalue weighted by Crippen LogP contribution is -2.44. The molecule has 0 spiro atoms. The molecule has 1 aromatic carbocycles. The van der Waals surface area contributed by atoms with Gasteiger partial charge in [-0.05, 0) is 32.9 Å². The van der Waals surface area contributed by atoms with E-state index in [1.165, 1.54) is 0 Å². The topological polar surface area (TPSA) is 134 Å². The standard InChI is InChI=1S/C18H20N4O6/c1-4-19-17(24)15(23)16-21-14(28-12-8-6-11(3)7-9-12)10-13(22(16)26)20-18(25)27-5-2/h6-10H,4-5H2,1-3H3,(H,19,24)(H,20,25). The van der Waals surface area contributed by atoms with Gasteiger partial charge in [-0.1, -0.05) is 22.7 Å². The number of carbonyl (C=O) groups excluding carboxylic acids is 3. The van der Waals surface area contributed by atoms with Crippen molar-refractivity contribution in [3.63, 3.8) is 0 Å². The summed E-state index contributed by atoms with van der Waals surface area (Å²) in [6, 6.07) is 8.05. The highest BCUT2D eigenvalue weighted by Gasteiger charge is 2.28. The monoisotopic (exact) mass is 388 g/mol. The van der Waals surface area contributed by atoms with E-state index in [1.54, 1.807) is 38.1 Å². The van der Waals surface area contributed by atoms with Crippen molar-refractivity contribution in [1.82, 2.24) is 10.3 Å². The fourth-order valence-corrected chi connectivity index (χ4v) is 2.10. The Kier molecular flexibility index (Phi) is 6.85. The maximum atomic E-state index is 12.4. The van der Waals surface area contributed by atoms with Crippen molar-refractivity contribution in [3.05, 3.63) is 46.9 Å². The first-order valence-corrected chi connectivity index (χ1v) is 8.51. The first-order valence-electron chi connectivity index (χ1n) is 8.51. The van der Waals surface area contributed by atoms with E-state index in [1.807, 2.05) is 6.92 Å². The molecule has 10 nitrogen and oxygen atoms in total. The Hall–Kier alpha value is -3.69. The van der Waals surface area contributed by atoms with Gasteiger partial charge in [0.15, 0.2) is 0 Å². The molecule has 2 amide bonds. The minimum atomic E-state index is -1.17. The largest absolute Gasteiger partial charge is 0.740 e. The molecule has 28 heavy (non-hydrogen) atoms. The number of ether oxygens (including phenoxy) is 2. The number of likely N-dealkylation sites (N-methyl/N-ethyl adjacent to an activating group) is 1. The van der Waals surface area contributed by atoms with Crippen LogP contribution >= 0.6 is 0 Å². The van der Waals surface area contributed by atoms with Crippen LogP contribution in [0.15, 0.2) is 30.3 Å². The fourth-order valence-electron chi connectivity index (χ4n) is 2.10. The number of hydrogen-bond donors (Lipinski definition) is 2. The third-order valence-electron chi connectivity index (χ3n) is 3.38. The second-order valence-corrected chi connectivity index (χ2v) is 5.55. The van der Waals surface area contributed by atoms with Gasteiger partial charge < -0.3 is 20.0 Å². The highest BCUT2D eigenvalue weighted by atomic mass is 16.5. The van der Waals surface area contributed by atoms with Crippen molar-refractivity contribution in [2.45, 2.75) is 20.8 Å². The summed E-state index contributed by atoms with van der Waals surface area (Å²) in [5.74, 6) is -3.06. The number of ketones is 1. The van der Waals surface area contributed by atoms with E-state index < -0.39 is 23.6 Å². The third kappa shape index (κ3) is 5.16. The molecule has 2 rings (SSSR count). The Bertz CT molecular complexity index is 882. The summed E-state index contributed by atoms with van der Waals surface area (Å²) in [7, 11) is 0. The Labute approximate surface area is 161 Å². The highest BCUT2D eigenvalue weighted by molar-refractivity contribution is 6.41. The van der Waals surface area contributed by atoms with E-state index in [2.05, 4.69) is 15.6 Å². The summed E-state index contributed by atoms with van der Waals surface area (Å²) in [5, 5.41) is 16.9. The minimum Gasteiger partial charge on any atom is -0.740 e. The van der Waals surface area contributed by atoms with E-state index >= 15 is 0 Å². The molecule has 1 heterocycles. The SMILES string of the molecule is CCNC(=O)C(=O)c1nc(Oc2ccc(C)cc2)cc(NC(=O)OCC)[n+]1[O-]. The fraction of sp³-hybridized carbons (Fsp3) is 0.278. The van der Waals surface area contributed by atoms with Gasteiger partial charge in [-0.2, -0.15) is 0 Å². The van der Waals surface area contributed by atoms with Crippen molar-refractivity contribution in [1.29, 1.82) is 0 Å². The van der Waals surface area contributed by atoms with Crippen LogP contribution in [0.5, 0.6) is 11.6 Å². The maximum Gasteiger partial charge on any atom is 0.473 e. The number of benzene rings is 1. The van der Waals surface area contributed by atoms with Gasteiger partial charge in [-0.25, -0.2) is 14.8 Å². The van der Waals surface area contributed by atoms with Crippen LogP contribution in [-0.4, -0.2) is 35.9 Å². The average Bonchev–Trinajstić information content (AvgIpc) is 2.66. The van der Waals surface area contributed by atoms with Crippen LogP contribution in [0.3, 0.4) is 0 Å². The third-order valence-corrected chi connectivity index (χ3v) is 3.38. The Morgan fingerprint density at radius 1 is 1.18 bits per heavy atom. The zero-order valence-electron chi connectivity index (χ0n) is 15.6. The van der Waals surface area contributed by atoms with Gasteiger partial charge in [0.1, 0.15) is 5.75 Å². The lowest BCUT2D eigenvalue weighted by atomic mass is 10.2. The number of Topliss-reactive ketones (excluding diaryl/α,β-unsaturated/α-hetero) is 1. The normalized spacial score (nSPS) is 10.1. The number of rotatable bonds is 7. The molecule has 0 aliphatic rings. The predicted molar refractivity (Wildman–Crippen MR) is 98.1 cm³/mol. The van der Waals surface area contributed by atoms with Gasteiger partial charge in [0.05, 0.1) is 12.7 Å². The maximum absolute atomic E-state index is 12.4. The summed E-state index contributed by atoms with van der Waals surface area (Å²) in [5.41, 5.74) is 1.00. The van der Waals surface area contributed by atoms with Crippen LogP contribution < -0.4 is 20.1 Å². The average molecular weight is 388 g/mol. The molecule has 0 bridgehead atoms. The summed E-state index contributed by atoms with van der Waals surface area (Å²) in [6.45, 7) is 5.38. The lowest BCUT2D eigenvalue weighted by Gasteiger charge is -2.14. The quantitative estimate of drug-likeness (QED) is 0.319. The number of nitrogens with one attached hydrogen (secondary N) is 2. The molecule has 0 aliphatic heterocycles. The summed E-state index contributed by atoms with van der Waals surface area (Å²) in [6.07, 6.45) is -0.906. The summed E-state index contributed by atoms with van der Waals surface area (Å²) < 4.78 is 10.3. The van der Waals surface area contributed by atoms with Gasteiger partial charge in [0.2, 0.25) is 5.82 Å².